The molecule has 0 aliphatic carbocycles. The molecular formula is C21H21N3O4. The van der Waals surface area contributed by atoms with Gasteiger partial charge < -0.3 is 19.1 Å². The maximum Gasteiger partial charge on any atom is 0.326 e. The maximum atomic E-state index is 12.7. The summed E-state index contributed by atoms with van der Waals surface area (Å²) in [5, 5.41) is 9.29. The van der Waals surface area contributed by atoms with E-state index in [1.54, 1.807) is 24.3 Å². The van der Waals surface area contributed by atoms with Gasteiger partial charge in [-0.05, 0) is 49.6 Å². The Balaban J connectivity index is 1.47. The zero-order valence-electron chi connectivity index (χ0n) is 15.5. The number of hydrogen-bond acceptors (Lipinski definition) is 4. The number of pyridine rings is 1. The standard InChI is InChI=1S/C21H21N3O4/c1-14-7-8-19-22-16(12-23(19)11-14)13-28-17-5-2-4-15(10-17)20(25)24-9-3-6-18(24)21(26)27/h2,4-5,7-8,10-12,18H,3,6,9,13H2,1H3,(H,26,27). The van der Waals surface area contributed by atoms with Crippen LogP contribution >= 0.6 is 0 Å². The van der Waals surface area contributed by atoms with E-state index in [1.165, 1.54) is 4.90 Å². The number of amides is 1. The molecule has 1 fully saturated rings. The lowest BCUT2D eigenvalue weighted by Gasteiger charge is -2.21. The van der Waals surface area contributed by atoms with Gasteiger partial charge in [-0.1, -0.05) is 12.1 Å². The van der Waals surface area contributed by atoms with Gasteiger partial charge >= 0.3 is 5.97 Å². The molecule has 0 bridgehead atoms. The van der Waals surface area contributed by atoms with Crippen LogP contribution in [0.15, 0.2) is 48.8 Å². The van der Waals surface area contributed by atoms with Crippen molar-refractivity contribution in [3.63, 3.8) is 0 Å². The number of ether oxygens (including phenoxy) is 1. The molecule has 0 radical (unpaired) electrons. The summed E-state index contributed by atoms with van der Waals surface area (Å²) in [7, 11) is 0. The fraction of sp³-hybridized carbons (Fsp3) is 0.286. The van der Waals surface area contributed by atoms with E-state index < -0.39 is 12.0 Å². The van der Waals surface area contributed by atoms with E-state index in [4.69, 9.17) is 4.74 Å². The zero-order valence-corrected chi connectivity index (χ0v) is 15.5. The molecule has 1 saturated heterocycles. The molecule has 4 rings (SSSR count). The number of carbonyl (C=O) groups excluding carboxylic acids is 1. The molecule has 1 atom stereocenters. The summed E-state index contributed by atoms with van der Waals surface area (Å²) in [6.07, 6.45) is 5.11. The first-order valence-corrected chi connectivity index (χ1v) is 9.22. The molecule has 1 amide bonds. The number of carbonyl (C=O) groups is 2. The van der Waals surface area contributed by atoms with Gasteiger partial charge in [0, 0.05) is 24.5 Å². The Morgan fingerprint density at radius 1 is 1.25 bits per heavy atom. The van der Waals surface area contributed by atoms with Crippen LogP contribution in [0.25, 0.3) is 5.65 Å². The predicted octanol–water partition coefficient (Wildman–Crippen LogP) is 2.91. The Labute approximate surface area is 162 Å². The minimum Gasteiger partial charge on any atom is -0.487 e. The third kappa shape index (κ3) is 3.55. The molecule has 1 aromatic carbocycles. The third-order valence-corrected chi connectivity index (χ3v) is 4.92. The summed E-state index contributed by atoms with van der Waals surface area (Å²) in [4.78, 5) is 30.0. The van der Waals surface area contributed by atoms with E-state index in [0.29, 0.717) is 30.7 Å². The largest absolute Gasteiger partial charge is 0.487 e. The summed E-state index contributed by atoms with van der Waals surface area (Å²) in [5.41, 5.74) is 3.20. The number of carboxylic acid groups (broad SMARTS) is 1. The van der Waals surface area contributed by atoms with Gasteiger partial charge in [0.25, 0.3) is 5.91 Å². The molecule has 0 spiro atoms. The second-order valence-electron chi connectivity index (χ2n) is 7.02. The molecule has 7 heteroatoms. The smallest absolute Gasteiger partial charge is 0.326 e. The van der Waals surface area contributed by atoms with Crippen molar-refractivity contribution in [3.8, 4) is 5.75 Å². The number of aromatic nitrogens is 2. The van der Waals surface area contributed by atoms with Crippen LogP contribution in [0.4, 0.5) is 0 Å². The lowest BCUT2D eigenvalue weighted by atomic mass is 10.1. The van der Waals surface area contributed by atoms with Crippen molar-refractivity contribution in [2.45, 2.75) is 32.4 Å². The molecular weight excluding hydrogens is 358 g/mol. The van der Waals surface area contributed by atoms with E-state index in [2.05, 4.69) is 4.98 Å². The Hall–Kier alpha value is -3.35. The topological polar surface area (TPSA) is 84.1 Å². The minimum absolute atomic E-state index is 0.278. The van der Waals surface area contributed by atoms with Crippen LogP contribution < -0.4 is 4.74 Å². The molecule has 3 aromatic rings. The van der Waals surface area contributed by atoms with Crippen molar-refractivity contribution >= 4 is 17.5 Å². The van der Waals surface area contributed by atoms with Gasteiger partial charge in [0.2, 0.25) is 0 Å². The molecule has 3 heterocycles. The fourth-order valence-corrected chi connectivity index (χ4v) is 3.53. The number of nitrogens with zero attached hydrogens (tertiary/aromatic N) is 3. The highest BCUT2D eigenvalue weighted by Gasteiger charge is 2.34. The van der Waals surface area contributed by atoms with Gasteiger partial charge in [-0.3, -0.25) is 4.79 Å². The van der Waals surface area contributed by atoms with Gasteiger partial charge in [0.1, 0.15) is 24.0 Å². The number of aliphatic carboxylic acids is 1. The van der Waals surface area contributed by atoms with Crippen molar-refractivity contribution in [1.82, 2.24) is 14.3 Å². The second kappa shape index (κ2) is 7.34. The number of fused-ring (bicyclic) bond motifs is 1. The third-order valence-electron chi connectivity index (χ3n) is 4.92. The van der Waals surface area contributed by atoms with E-state index in [0.717, 1.165) is 16.9 Å². The van der Waals surface area contributed by atoms with Crippen LogP contribution in [0.3, 0.4) is 0 Å². The van der Waals surface area contributed by atoms with Gasteiger partial charge in [0.15, 0.2) is 0 Å². The van der Waals surface area contributed by atoms with E-state index >= 15 is 0 Å². The van der Waals surface area contributed by atoms with E-state index in [9.17, 15) is 14.7 Å². The quantitative estimate of drug-likeness (QED) is 0.737. The molecule has 7 nitrogen and oxygen atoms in total. The summed E-state index contributed by atoms with van der Waals surface area (Å²) in [6, 6.07) is 10.0. The van der Waals surface area contributed by atoms with E-state index in [1.807, 2.05) is 35.9 Å². The average Bonchev–Trinajstić information content (AvgIpc) is 3.32. The van der Waals surface area contributed by atoms with E-state index in [-0.39, 0.29) is 12.5 Å². The Morgan fingerprint density at radius 2 is 2.11 bits per heavy atom. The number of rotatable bonds is 5. The van der Waals surface area contributed by atoms with Gasteiger partial charge in [0.05, 0.1) is 5.69 Å². The normalized spacial score (nSPS) is 16.5. The molecule has 1 N–H and O–H groups in total. The zero-order chi connectivity index (χ0) is 19.7. The van der Waals surface area contributed by atoms with Crippen molar-refractivity contribution < 1.29 is 19.4 Å². The summed E-state index contributed by atoms with van der Waals surface area (Å²) >= 11 is 0. The van der Waals surface area contributed by atoms with Crippen LogP contribution in [-0.4, -0.2) is 43.9 Å². The van der Waals surface area contributed by atoms with Crippen molar-refractivity contribution in [1.29, 1.82) is 0 Å². The van der Waals surface area contributed by atoms with Crippen LogP contribution in [0.1, 0.15) is 34.5 Å². The number of benzene rings is 1. The van der Waals surface area contributed by atoms with Gasteiger partial charge in [-0.25, -0.2) is 9.78 Å². The molecule has 28 heavy (non-hydrogen) atoms. The number of carboxylic acids is 1. The first-order valence-electron chi connectivity index (χ1n) is 9.22. The molecule has 144 valence electrons. The SMILES string of the molecule is Cc1ccc2nc(COc3cccc(C(=O)N4CCCC4C(=O)O)c3)cn2c1. The fourth-order valence-electron chi connectivity index (χ4n) is 3.53. The van der Waals surface area contributed by atoms with Crippen molar-refractivity contribution in [2.75, 3.05) is 6.54 Å². The van der Waals surface area contributed by atoms with Crippen molar-refractivity contribution in [3.05, 3.63) is 65.6 Å². The van der Waals surface area contributed by atoms with Crippen LogP contribution in [-0.2, 0) is 11.4 Å². The maximum absolute atomic E-state index is 12.7. The van der Waals surface area contributed by atoms with Gasteiger partial charge in [-0.2, -0.15) is 0 Å². The molecule has 1 unspecified atom stereocenters. The number of imidazole rings is 1. The summed E-state index contributed by atoms with van der Waals surface area (Å²) in [5.74, 6) is -0.691. The van der Waals surface area contributed by atoms with Crippen LogP contribution in [0, 0.1) is 6.92 Å². The van der Waals surface area contributed by atoms with Crippen molar-refractivity contribution in [2.24, 2.45) is 0 Å². The lowest BCUT2D eigenvalue weighted by molar-refractivity contribution is -0.141. The molecule has 1 aliphatic heterocycles. The average molecular weight is 379 g/mol. The number of hydrogen-bond donors (Lipinski definition) is 1. The minimum atomic E-state index is -0.958. The summed E-state index contributed by atoms with van der Waals surface area (Å²) < 4.78 is 7.77. The lowest BCUT2D eigenvalue weighted by Crippen LogP contribution is -2.40. The molecule has 1 aliphatic rings. The molecule has 2 aromatic heterocycles. The van der Waals surface area contributed by atoms with Gasteiger partial charge in [-0.15, -0.1) is 0 Å². The summed E-state index contributed by atoms with van der Waals surface area (Å²) in [6.45, 7) is 2.76. The first-order chi connectivity index (χ1) is 13.5. The monoisotopic (exact) mass is 379 g/mol. The van der Waals surface area contributed by atoms with Crippen LogP contribution in [0.5, 0.6) is 5.75 Å². The highest BCUT2D eigenvalue weighted by Crippen LogP contribution is 2.23. The second-order valence-corrected chi connectivity index (χ2v) is 7.02. The Kier molecular flexibility index (Phi) is 4.73. The van der Waals surface area contributed by atoms with Crippen LogP contribution in [0.2, 0.25) is 0 Å². The number of likely N-dealkylation sites (tertiary alicyclic amines) is 1. The highest BCUT2D eigenvalue weighted by molar-refractivity contribution is 5.97. The number of aryl methyl sites for hydroxylation is 1. The Morgan fingerprint density at radius 3 is 2.93 bits per heavy atom. The highest BCUT2D eigenvalue weighted by atomic mass is 16.5. The molecule has 0 saturated carbocycles. The predicted molar refractivity (Wildman–Crippen MR) is 102 cm³/mol. The Bertz CT molecular complexity index is 1040. The first kappa shape index (κ1) is 18.0.